The lowest BCUT2D eigenvalue weighted by Crippen LogP contribution is -2.05. The van der Waals surface area contributed by atoms with Crippen LogP contribution in [0.25, 0.3) is 0 Å². The highest BCUT2D eigenvalue weighted by Crippen LogP contribution is 2.14. The fraction of sp³-hybridized carbons (Fsp3) is 0.714. The van der Waals surface area contributed by atoms with Crippen molar-refractivity contribution in [3.63, 3.8) is 0 Å². The Morgan fingerprint density at radius 1 is 1.82 bits per heavy atom. The first-order valence-corrected chi connectivity index (χ1v) is 4.48. The van der Waals surface area contributed by atoms with E-state index in [-0.39, 0.29) is 11.0 Å². The molecule has 0 aliphatic rings. The molecule has 0 amide bonds. The Labute approximate surface area is 70.4 Å². The zero-order valence-electron chi connectivity index (χ0n) is 6.41. The highest BCUT2D eigenvalue weighted by molar-refractivity contribution is 8.00. The maximum atomic E-state index is 10.1. The highest BCUT2D eigenvalue weighted by atomic mass is 32.2. The third-order valence-corrected chi connectivity index (χ3v) is 2.26. The second-order valence-electron chi connectivity index (χ2n) is 2.11. The van der Waals surface area contributed by atoms with Gasteiger partial charge in [-0.3, -0.25) is 4.79 Å². The number of carboxylic acid groups (broad SMARTS) is 1. The lowest BCUT2D eigenvalue weighted by atomic mass is 10.3. The molecule has 0 bridgehead atoms. The van der Waals surface area contributed by atoms with Crippen LogP contribution in [0.3, 0.4) is 0 Å². The largest absolute Gasteiger partial charge is 0.481 e. The lowest BCUT2D eigenvalue weighted by molar-refractivity contribution is -0.133. The Morgan fingerprint density at radius 3 is 2.82 bits per heavy atom. The molecule has 0 saturated heterocycles. The van der Waals surface area contributed by atoms with Crippen LogP contribution in [0.4, 0.5) is 0 Å². The van der Waals surface area contributed by atoms with Crippen molar-refractivity contribution >= 4 is 17.7 Å². The Bertz CT molecular complexity index is 164. The Morgan fingerprint density at radius 2 is 2.45 bits per heavy atom. The minimum Gasteiger partial charge on any atom is -0.481 e. The molecule has 0 aromatic carbocycles. The van der Waals surface area contributed by atoms with Gasteiger partial charge in [-0.05, 0) is 6.42 Å². The van der Waals surface area contributed by atoms with Gasteiger partial charge in [-0.15, -0.1) is 11.8 Å². The summed E-state index contributed by atoms with van der Waals surface area (Å²) in [5.74, 6) is -0.829. The highest BCUT2D eigenvalue weighted by Gasteiger charge is 2.08. The van der Waals surface area contributed by atoms with E-state index in [4.69, 9.17) is 10.4 Å². The minimum atomic E-state index is -0.855. The van der Waals surface area contributed by atoms with Crippen LogP contribution in [0.1, 0.15) is 19.8 Å². The van der Waals surface area contributed by atoms with E-state index < -0.39 is 5.97 Å². The van der Waals surface area contributed by atoms with Crippen molar-refractivity contribution in [1.82, 2.24) is 0 Å². The second-order valence-corrected chi connectivity index (χ2v) is 3.30. The van der Waals surface area contributed by atoms with Crippen LogP contribution < -0.4 is 0 Å². The van der Waals surface area contributed by atoms with Crippen molar-refractivity contribution in [2.75, 3.05) is 5.75 Å². The summed E-state index contributed by atoms with van der Waals surface area (Å²) in [6.45, 7) is 1.98. The molecule has 62 valence electrons. The van der Waals surface area contributed by atoms with Crippen LogP contribution in [0.15, 0.2) is 0 Å². The van der Waals surface area contributed by atoms with E-state index >= 15 is 0 Å². The number of hydrogen-bond acceptors (Lipinski definition) is 3. The normalized spacial score (nSPS) is 12.0. The van der Waals surface area contributed by atoms with E-state index in [9.17, 15) is 4.79 Å². The molecule has 0 aromatic heterocycles. The molecule has 1 unspecified atom stereocenters. The summed E-state index contributed by atoms with van der Waals surface area (Å²) in [7, 11) is 0. The molecule has 11 heavy (non-hydrogen) atoms. The number of aliphatic carboxylic acids is 1. The van der Waals surface area contributed by atoms with Gasteiger partial charge in [-0.1, -0.05) is 13.3 Å². The molecule has 0 aliphatic carbocycles. The van der Waals surface area contributed by atoms with Gasteiger partial charge >= 0.3 is 5.97 Å². The van der Waals surface area contributed by atoms with Crippen LogP contribution >= 0.6 is 11.8 Å². The molecule has 0 aromatic rings. The molecule has 3 nitrogen and oxygen atoms in total. The number of nitriles is 1. The zero-order valence-corrected chi connectivity index (χ0v) is 7.23. The van der Waals surface area contributed by atoms with E-state index in [1.165, 1.54) is 11.8 Å². The summed E-state index contributed by atoms with van der Waals surface area (Å²) in [6.07, 6.45) is 1.69. The number of carboxylic acids is 1. The summed E-state index contributed by atoms with van der Waals surface area (Å²) >= 11 is 1.19. The second kappa shape index (κ2) is 6.05. The molecule has 0 fully saturated rings. The molecular formula is C7H11NO2S. The van der Waals surface area contributed by atoms with E-state index in [1.54, 1.807) is 0 Å². The van der Waals surface area contributed by atoms with E-state index in [2.05, 4.69) is 6.07 Å². The van der Waals surface area contributed by atoms with Gasteiger partial charge in [0.15, 0.2) is 0 Å². The van der Waals surface area contributed by atoms with Crippen molar-refractivity contribution in [2.45, 2.75) is 25.0 Å². The topological polar surface area (TPSA) is 61.1 Å². The Hall–Kier alpha value is -0.690. The molecule has 0 heterocycles. The van der Waals surface area contributed by atoms with Crippen LogP contribution in [0.5, 0.6) is 0 Å². The van der Waals surface area contributed by atoms with E-state index in [0.717, 1.165) is 12.8 Å². The van der Waals surface area contributed by atoms with Gasteiger partial charge in [0.25, 0.3) is 0 Å². The summed E-state index contributed by atoms with van der Waals surface area (Å²) in [5.41, 5.74) is 0. The van der Waals surface area contributed by atoms with Crippen molar-refractivity contribution < 1.29 is 9.90 Å². The molecule has 1 atom stereocenters. The number of hydrogen-bond donors (Lipinski definition) is 1. The van der Waals surface area contributed by atoms with Gasteiger partial charge in [-0.2, -0.15) is 5.26 Å². The maximum absolute atomic E-state index is 10.1. The summed E-state index contributed by atoms with van der Waals surface area (Å²) in [6, 6.07) is 2.06. The zero-order chi connectivity index (χ0) is 8.69. The van der Waals surface area contributed by atoms with E-state index in [1.807, 2.05) is 6.92 Å². The first-order chi connectivity index (χ1) is 5.20. The van der Waals surface area contributed by atoms with Crippen LogP contribution in [0, 0.1) is 11.3 Å². The number of nitrogens with zero attached hydrogens (tertiary/aromatic N) is 1. The fourth-order valence-corrected chi connectivity index (χ4v) is 1.44. The summed E-state index contributed by atoms with van der Waals surface area (Å²) in [4.78, 5) is 10.1. The first-order valence-electron chi connectivity index (χ1n) is 3.43. The number of thioether (sulfide) groups is 1. The molecule has 0 radical (unpaired) electrons. The molecule has 0 aliphatic heterocycles. The van der Waals surface area contributed by atoms with Gasteiger partial charge in [0.2, 0.25) is 0 Å². The third kappa shape index (κ3) is 5.74. The van der Waals surface area contributed by atoms with Gasteiger partial charge < -0.3 is 5.11 Å². The van der Waals surface area contributed by atoms with Crippen molar-refractivity contribution in [2.24, 2.45) is 0 Å². The van der Waals surface area contributed by atoms with Crippen molar-refractivity contribution in [3.05, 3.63) is 0 Å². The van der Waals surface area contributed by atoms with Gasteiger partial charge in [0.1, 0.15) is 0 Å². The fourth-order valence-electron chi connectivity index (χ4n) is 0.619. The smallest absolute Gasteiger partial charge is 0.313 e. The SMILES string of the molecule is CCCC(C#N)SCC(=O)O. The minimum absolute atomic E-state index is 0.0260. The van der Waals surface area contributed by atoms with Gasteiger partial charge in [0, 0.05) is 0 Å². The van der Waals surface area contributed by atoms with Crippen molar-refractivity contribution in [3.8, 4) is 6.07 Å². The standard InChI is InChI=1S/C7H11NO2S/c1-2-3-6(4-8)11-5-7(9)10/h6H,2-3,5H2,1H3,(H,9,10). The molecule has 0 saturated carbocycles. The third-order valence-electron chi connectivity index (χ3n) is 1.10. The molecular weight excluding hydrogens is 162 g/mol. The Balaban J connectivity index is 3.54. The Kier molecular flexibility index (Phi) is 5.67. The average Bonchev–Trinajstić information content (AvgIpc) is 1.97. The molecule has 0 rings (SSSR count). The van der Waals surface area contributed by atoms with Gasteiger partial charge in [0.05, 0.1) is 17.1 Å². The average molecular weight is 173 g/mol. The van der Waals surface area contributed by atoms with Gasteiger partial charge in [-0.25, -0.2) is 0 Å². The van der Waals surface area contributed by atoms with Crippen LogP contribution in [-0.2, 0) is 4.79 Å². The lowest BCUT2D eigenvalue weighted by Gasteiger charge is -2.03. The van der Waals surface area contributed by atoms with E-state index in [0.29, 0.717) is 0 Å². The monoisotopic (exact) mass is 173 g/mol. The predicted molar refractivity (Wildman–Crippen MR) is 44.4 cm³/mol. The molecule has 4 heteroatoms. The number of carbonyl (C=O) groups is 1. The summed E-state index contributed by atoms with van der Waals surface area (Å²) in [5, 5.41) is 16.6. The quantitative estimate of drug-likeness (QED) is 0.684. The summed E-state index contributed by atoms with van der Waals surface area (Å²) < 4.78 is 0. The maximum Gasteiger partial charge on any atom is 0.313 e. The van der Waals surface area contributed by atoms with Crippen molar-refractivity contribution in [1.29, 1.82) is 5.26 Å². The molecule has 0 spiro atoms. The van der Waals surface area contributed by atoms with Crippen LogP contribution in [0.2, 0.25) is 0 Å². The molecule has 1 N–H and O–H groups in total. The predicted octanol–water partition coefficient (Wildman–Crippen LogP) is 1.50. The number of rotatable bonds is 5. The first kappa shape index (κ1) is 10.3. The van der Waals surface area contributed by atoms with Crippen LogP contribution in [-0.4, -0.2) is 22.1 Å².